The molecule has 4 amide bonds. The van der Waals surface area contributed by atoms with E-state index in [1.54, 1.807) is 20.8 Å². The number of alkyl halides is 3. The average molecular weight is 779 g/mol. The number of likely N-dealkylation sites (tertiary alicyclic amines) is 1. The van der Waals surface area contributed by atoms with Crippen molar-refractivity contribution < 1.29 is 54.7 Å². The van der Waals surface area contributed by atoms with E-state index in [0.29, 0.717) is 32.8 Å². The molecule has 6 rings (SSSR count). The first kappa shape index (κ1) is 39.0. The van der Waals surface area contributed by atoms with E-state index in [0.717, 1.165) is 23.3 Å². The molecule has 0 radical (unpaired) electrons. The Morgan fingerprint density at radius 1 is 0.963 bits per heavy atom. The van der Waals surface area contributed by atoms with Gasteiger partial charge in [0.1, 0.15) is 34.1 Å². The maximum absolute atomic E-state index is 14.3. The van der Waals surface area contributed by atoms with E-state index in [1.807, 2.05) is 0 Å². The Morgan fingerprint density at radius 2 is 1.65 bits per heavy atom. The normalized spacial score (nSPS) is 18.5. The molecule has 1 spiro atoms. The van der Waals surface area contributed by atoms with Gasteiger partial charge in [-0.25, -0.2) is 18.0 Å². The molecule has 3 saturated heterocycles. The number of rotatable bonds is 9. The summed E-state index contributed by atoms with van der Waals surface area (Å²) in [5, 5.41) is 3.83. The predicted octanol–water partition coefficient (Wildman–Crippen LogP) is 4.82. The van der Waals surface area contributed by atoms with Crippen LogP contribution in [-0.4, -0.2) is 126 Å². The van der Waals surface area contributed by atoms with Crippen molar-refractivity contribution >= 4 is 27.9 Å². The highest BCUT2D eigenvalue weighted by Crippen LogP contribution is 2.42. The van der Waals surface area contributed by atoms with E-state index in [-0.39, 0.29) is 60.4 Å². The van der Waals surface area contributed by atoms with Gasteiger partial charge in [-0.1, -0.05) is 17.3 Å². The van der Waals surface area contributed by atoms with Crippen LogP contribution in [-0.2, 0) is 36.8 Å². The second-order valence-electron chi connectivity index (χ2n) is 14.3. The Labute approximate surface area is 309 Å². The molecule has 0 unspecified atom stereocenters. The zero-order valence-electron chi connectivity index (χ0n) is 30.2. The second kappa shape index (κ2) is 14.8. The summed E-state index contributed by atoms with van der Waals surface area (Å²) in [4.78, 5) is 51.1. The highest BCUT2D eigenvalue weighted by Gasteiger charge is 2.58. The van der Waals surface area contributed by atoms with Gasteiger partial charge < -0.3 is 28.5 Å². The minimum atomic E-state index is -4.93. The molecule has 0 aliphatic carbocycles. The third-order valence-electron chi connectivity index (χ3n) is 9.38. The first-order chi connectivity index (χ1) is 25.4. The van der Waals surface area contributed by atoms with Gasteiger partial charge in [-0.2, -0.15) is 18.2 Å². The van der Waals surface area contributed by atoms with E-state index < -0.39 is 63.0 Å². The number of hydrogen-bond acceptors (Lipinski definition) is 12. The monoisotopic (exact) mass is 778 g/mol. The Morgan fingerprint density at radius 3 is 2.30 bits per heavy atom. The Balaban J connectivity index is 1.23. The molecule has 2 aromatic carbocycles. The predicted molar refractivity (Wildman–Crippen MR) is 184 cm³/mol. The summed E-state index contributed by atoms with van der Waals surface area (Å²) in [6.45, 7) is 8.31. The number of ether oxygens (including phenoxy) is 3. The summed E-state index contributed by atoms with van der Waals surface area (Å²) in [5.41, 5.74) is -3.31. The molecule has 3 aromatic rings. The third kappa shape index (κ3) is 8.32. The summed E-state index contributed by atoms with van der Waals surface area (Å²) in [6.07, 6.45) is -4.21. The number of urea groups is 1. The van der Waals surface area contributed by atoms with Crippen LogP contribution < -0.4 is 4.74 Å². The van der Waals surface area contributed by atoms with Gasteiger partial charge in [0.05, 0.1) is 18.8 Å². The Bertz CT molecular complexity index is 2000. The second-order valence-corrected chi connectivity index (χ2v) is 16.3. The standard InChI is InChI=1S/C35H41F3N6O9S/c1-33(2,3)52-32(47)42-13-11-34(12-14-42)30(45)43(31(46)44(34)16-15-41-17-19-50-20-18-41)22-28-39-29(40-53-28)23-9-10-25(24(21-23)35(36,37)38)51-26-7-5-6-8-27(26)54(4,48)49/h5-10,21H,11-20,22H2,1-4H3. The topological polar surface area (TPSA) is 165 Å². The van der Waals surface area contributed by atoms with Crippen LogP contribution >= 0.6 is 0 Å². The van der Waals surface area contributed by atoms with E-state index in [2.05, 4.69) is 15.0 Å². The number of morpholine rings is 1. The van der Waals surface area contributed by atoms with E-state index in [4.69, 9.17) is 18.7 Å². The van der Waals surface area contributed by atoms with Gasteiger partial charge in [-0.15, -0.1) is 0 Å². The molecule has 0 bridgehead atoms. The molecule has 0 saturated carbocycles. The zero-order valence-corrected chi connectivity index (χ0v) is 31.0. The van der Waals surface area contributed by atoms with Gasteiger partial charge in [0.15, 0.2) is 9.84 Å². The maximum Gasteiger partial charge on any atom is 0.420 e. The number of halogens is 3. The van der Waals surface area contributed by atoms with Crippen molar-refractivity contribution in [2.45, 2.75) is 62.4 Å². The molecular weight excluding hydrogens is 737 g/mol. The van der Waals surface area contributed by atoms with Crippen LogP contribution in [0.1, 0.15) is 45.1 Å². The Kier molecular flexibility index (Phi) is 10.7. The molecule has 1 aromatic heterocycles. The van der Waals surface area contributed by atoms with Crippen LogP contribution in [0.25, 0.3) is 11.4 Å². The van der Waals surface area contributed by atoms with Crippen molar-refractivity contribution in [3.8, 4) is 22.9 Å². The first-order valence-corrected chi connectivity index (χ1v) is 19.2. The summed E-state index contributed by atoms with van der Waals surface area (Å²) < 4.78 is 89.1. The maximum atomic E-state index is 14.3. The number of aromatic nitrogens is 2. The third-order valence-corrected chi connectivity index (χ3v) is 10.5. The number of sulfone groups is 1. The summed E-state index contributed by atoms with van der Waals surface area (Å²) >= 11 is 0. The molecule has 3 fully saturated rings. The molecular formula is C35H41F3N6O9S. The molecule has 292 valence electrons. The quantitative estimate of drug-likeness (QED) is 0.273. The minimum absolute atomic E-state index is 0.113. The van der Waals surface area contributed by atoms with Gasteiger partial charge in [-0.05, 0) is 63.9 Å². The Hall–Kier alpha value is -4.75. The van der Waals surface area contributed by atoms with Crippen molar-refractivity contribution in [1.29, 1.82) is 0 Å². The van der Waals surface area contributed by atoms with Crippen LogP contribution in [0, 0.1) is 0 Å². The van der Waals surface area contributed by atoms with Crippen molar-refractivity contribution in [3.05, 3.63) is 53.9 Å². The van der Waals surface area contributed by atoms with Crippen LogP contribution in [0.5, 0.6) is 11.5 Å². The smallest absolute Gasteiger partial charge is 0.420 e. The number of carbonyl (C=O) groups excluding carboxylic acids is 3. The molecule has 4 heterocycles. The number of piperidine rings is 1. The lowest BCUT2D eigenvalue weighted by Gasteiger charge is -2.42. The van der Waals surface area contributed by atoms with Gasteiger partial charge >= 0.3 is 18.3 Å². The lowest BCUT2D eigenvalue weighted by Crippen LogP contribution is -2.58. The lowest BCUT2D eigenvalue weighted by molar-refractivity contribution is -0.138. The van der Waals surface area contributed by atoms with Crippen molar-refractivity contribution in [1.82, 2.24) is 29.7 Å². The number of carbonyl (C=O) groups is 3. The number of nitrogens with zero attached hydrogens (tertiary/aromatic N) is 6. The number of imide groups is 1. The molecule has 3 aliphatic rings. The van der Waals surface area contributed by atoms with E-state index in [9.17, 15) is 36.0 Å². The van der Waals surface area contributed by atoms with Crippen molar-refractivity contribution in [2.75, 3.05) is 58.7 Å². The van der Waals surface area contributed by atoms with Crippen molar-refractivity contribution in [2.24, 2.45) is 0 Å². The largest absolute Gasteiger partial charge is 0.455 e. The van der Waals surface area contributed by atoms with Crippen molar-refractivity contribution in [3.63, 3.8) is 0 Å². The SMILES string of the molecule is CC(C)(C)OC(=O)N1CCC2(CC1)C(=O)N(Cc1nc(-c3ccc(Oc4ccccc4S(C)(=O)=O)c(C(F)(F)F)c3)no1)C(=O)N2CCN1CCOCC1. The van der Waals surface area contributed by atoms with E-state index in [1.165, 1.54) is 40.1 Å². The fraction of sp³-hybridized carbons (Fsp3) is 0.514. The van der Waals surface area contributed by atoms with Crippen LogP contribution in [0.2, 0.25) is 0 Å². The van der Waals surface area contributed by atoms with Crippen LogP contribution in [0.15, 0.2) is 51.9 Å². The van der Waals surface area contributed by atoms with Gasteiger partial charge in [0, 0.05) is 51.1 Å². The fourth-order valence-electron chi connectivity index (χ4n) is 6.68. The number of hydrogen-bond donors (Lipinski definition) is 0. The van der Waals surface area contributed by atoms with Gasteiger partial charge in [0.2, 0.25) is 11.7 Å². The molecule has 54 heavy (non-hydrogen) atoms. The number of para-hydroxylation sites is 1. The average Bonchev–Trinajstić information content (AvgIpc) is 3.64. The fourth-order valence-corrected chi connectivity index (χ4v) is 7.48. The number of benzene rings is 2. The minimum Gasteiger partial charge on any atom is -0.455 e. The highest BCUT2D eigenvalue weighted by molar-refractivity contribution is 7.90. The molecule has 19 heteroatoms. The molecule has 0 N–H and O–H groups in total. The van der Waals surface area contributed by atoms with Crippen LogP contribution in [0.3, 0.4) is 0 Å². The zero-order chi connectivity index (χ0) is 39.1. The summed E-state index contributed by atoms with van der Waals surface area (Å²) in [6, 6.07) is 7.73. The summed E-state index contributed by atoms with van der Waals surface area (Å²) in [7, 11) is -3.82. The van der Waals surface area contributed by atoms with Gasteiger partial charge in [0.25, 0.3) is 5.91 Å². The number of amides is 4. The summed E-state index contributed by atoms with van der Waals surface area (Å²) in [5.74, 6) is -1.89. The first-order valence-electron chi connectivity index (χ1n) is 17.3. The molecule has 0 atom stereocenters. The van der Waals surface area contributed by atoms with Crippen LogP contribution in [0.4, 0.5) is 22.8 Å². The van der Waals surface area contributed by atoms with E-state index >= 15 is 0 Å². The highest BCUT2D eigenvalue weighted by atomic mass is 32.2. The van der Waals surface area contributed by atoms with Gasteiger partial charge in [-0.3, -0.25) is 14.6 Å². The molecule has 3 aliphatic heterocycles. The lowest BCUT2D eigenvalue weighted by atomic mass is 9.86. The molecule has 15 nitrogen and oxygen atoms in total.